The van der Waals surface area contributed by atoms with Gasteiger partial charge in [-0.2, -0.15) is 0 Å². The third-order valence-electron chi connectivity index (χ3n) is 2.96. The normalized spacial score (nSPS) is 18.9. The molecule has 0 radical (unpaired) electrons. The molecule has 0 aromatic heterocycles. The first-order chi connectivity index (χ1) is 8.65. The number of amides is 1. The van der Waals surface area contributed by atoms with Crippen molar-refractivity contribution in [3.05, 3.63) is 29.8 Å². The number of benzene rings is 1. The number of hydrogen-bond donors (Lipinski definition) is 1. The topological polar surface area (TPSA) is 47.6 Å². The van der Waals surface area contributed by atoms with Gasteiger partial charge in [-0.15, -0.1) is 0 Å². The average molecular weight is 249 g/mol. The Kier molecular flexibility index (Phi) is 4.20. The van der Waals surface area contributed by atoms with Gasteiger partial charge in [0.05, 0.1) is 13.2 Å². The van der Waals surface area contributed by atoms with Crippen LogP contribution in [0.25, 0.3) is 0 Å². The third kappa shape index (κ3) is 3.47. The van der Waals surface area contributed by atoms with Crippen LogP contribution in [0.1, 0.15) is 31.7 Å². The number of carbonyl (C=O) groups excluding carboxylic acids is 1. The zero-order valence-electron chi connectivity index (χ0n) is 10.8. The predicted molar refractivity (Wildman–Crippen MR) is 69.9 cm³/mol. The Hall–Kier alpha value is -1.55. The van der Waals surface area contributed by atoms with Crippen molar-refractivity contribution >= 4 is 11.8 Å². The van der Waals surface area contributed by atoms with Crippen molar-refractivity contribution in [2.24, 2.45) is 0 Å². The maximum absolute atomic E-state index is 11.7. The minimum absolute atomic E-state index is 0.113. The summed E-state index contributed by atoms with van der Waals surface area (Å²) in [5.74, 6) is 0.436. The maximum atomic E-state index is 11.7. The Morgan fingerprint density at radius 2 is 2.33 bits per heavy atom. The largest absolute Gasteiger partial charge is 0.443 e. The molecule has 1 fully saturated rings. The summed E-state index contributed by atoms with van der Waals surface area (Å²) in [6.07, 6.45) is 0.254. The van der Waals surface area contributed by atoms with Crippen molar-refractivity contribution in [1.29, 1.82) is 0 Å². The van der Waals surface area contributed by atoms with E-state index in [-0.39, 0.29) is 6.10 Å². The number of anilines is 1. The van der Waals surface area contributed by atoms with Crippen LogP contribution in [0.4, 0.5) is 10.5 Å². The van der Waals surface area contributed by atoms with Crippen molar-refractivity contribution in [2.45, 2.75) is 32.3 Å². The molecular weight excluding hydrogens is 230 g/mol. The smallest absolute Gasteiger partial charge is 0.411 e. The van der Waals surface area contributed by atoms with Gasteiger partial charge in [0.1, 0.15) is 6.10 Å². The van der Waals surface area contributed by atoms with Gasteiger partial charge in [-0.05, 0) is 23.6 Å². The van der Waals surface area contributed by atoms with E-state index in [1.165, 1.54) is 5.56 Å². The first-order valence-corrected chi connectivity index (χ1v) is 6.30. The number of rotatable bonds is 3. The van der Waals surface area contributed by atoms with Crippen LogP contribution in [-0.4, -0.2) is 25.4 Å². The molecule has 1 atom stereocenters. The Morgan fingerprint density at radius 3 is 3.00 bits per heavy atom. The van der Waals surface area contributed by atoms with E-state index < -0.39 is 6.09 Å². The standard InChI is InChI=1S/C14H19NO3/c1-10(2)11-4-3-5-12(8-11)15-14(16)18-13-6-7-17-9-13/h3-5,8,10,13H,6-7,9H2,1-2H3,(H,15,16). The third-order valence-corrected chi connectivity index (χ3v) is 2.96. The molecule has 2 rings (SSSR count). The van der Waals surface area contributed by atoms with Crippen LogP contribution in [0.2, 0.25) is 0 Å². The van der Waals surface area contributed by atoms with Crippen LogP contribution < -0.4 is 5.32 Å². The van der Waals surface area contributed by atoms with E-state index in [0.29, 0.717) is 19.1 Å². The fourth-order valence-corrected chi connectivity index (χ4v) is 1.88. The lowest BCUT2D eigenvalue weighted by Crippen LogP contribution is -2.22. The Balaban J connectivity index is 1.91. The molecule has 1 saturated heterocycles. The highest BCUT2D eigenvalue weighted by Gasteiger charge is 2.19. The monoisotopic (exact) mass is 249 g/mol. The highest BCUT2D eigenvalue weighted by atomic mass is 16.6. The molecule has 1 amide bonds. The molecule has 18 heavy (non-hydrogen) atoms. The van der Waals surface area contributed by atoms with Crippen LogP contribution in [0.5, 0.6) is 0 Å². The van der Waals surface area contributed by atoms with Crippen molar-refractivity contribution < 1.29 is 14.3 Å². The second kappa shape index (κ2) is 5.87. The number of hydrogen-bond acceptors (Lipinski definition) is 3. The summed E-state index contributed by atoms with van der Waals surface area (Å²) in [6, 6.07) is 7.81. The molecule has 1 aliphatic rings. The Morgan fingerprint density at radius 1 is 1.50 bits per heavy atom. The quantitative estimate of drug-likeness (QED) is 0.895. The molecule has 1 N–H and O–H groups in total. The summed E-state index contributed by atoms with van der Waals surface area (Å²) in [5, 5.41) is 2.75. The summed E-state index contributed by atoms with van der Waals surface area (Å²) in [6.45, 7) is 5.40. The predicted octanol–water partition coefficient (Wildman–Crippen LogP) is 3.15. The molecule has 1 unspecified atom stereocenters. The zero-order chi connectivity index (χ0) is 13.0. The lowest BCUT2D eigenvalue weighted by molar-refractivity contribution is 0.0932. The second-order valence-electron chi connectivity index (χ2n) is 4.80. The van der Waals surface area contributed by atoms with E-state index in [1.807, 2.05) is 24.3 Å². The highest BCUT2D eigenvalue weighted by molar-refractivity contribution is 5.84. The van der Waals surface area contributed by atoms with Crippen molar-refractivity contribution in [3.8, 4) is 0 Å². The average Bonchev–Trinajstić information content (AvgIpc) is 2.82. The highest BCUT2D eigenvalue weighted by Crippen LogP contribution is 2.19. The maximum Gasteiger partial charge on any atom is 0.411 e. The summed E-state index contributed by atoms with van der Waals surface area (Å²) >= 11 is 0. The molecule has 98 valence electrons. The molecule has 1 heterocycles. The lowest BCUT2D eigenvalue weighted by Gasteiger charge is -2.12. The zero-order valence-corrected chi connectivity index (χ0v) is 10.8. The van der Waals surface area contributed by atoms with Crippen molar-refractivity contribution in [1.82, 2.24) is 0 Å². The molecule has 0 aliphatic carbocycles. The lowest BCUT2D eigenvalue weighted by atomic mass is 10.0. The second-order valence-corrected chi connectivity index (χ2v) is 4.80. The van der Waals surface area contributed by atoms with Gasteiger partial charge in [-0.1, -0.05) is 26.0 Å². The van der Waals surface area contributed by atoms with Gasteiger partial charge >= 0.3 is 6.09 Å². The van der Waals surface area contributed by atoms with Gasteiger partial charge in [-0.3, -0.25) is 5.32 Å². The first kappa shape index (κ1) is 12.9. The van der Waals surface area contributed by atoms with Gasteiger partial charge in [0, 0.05) is 12.1 Å². The van der Waals surface area contributed by atoms with Crippen molar-refractivity contribution in [3.63, 3.8) is 0 Å². The summed E-state index contributed by atoms with van der Waals surface area (Å²) in [7, 11) is 0. The summed E-state index contributed by atoms with van der Waals surface area (Å²) in [4.78, 5) is 11.7. The molecule has 4 nitrogen and oxygen atoms in total. The van der Waals surface area contributed by atoms with E-state index >= 15 is 0 Å². The van der Waals surface area contributed by atoms with Crippen LogP contribution in [-0.2, 0) is 9.47 Å². The number of nitrogens with one attached hydrogen (secondary N) is 1. The van der Waals surface area contributed by atoms with Gasteiger partial charge < -0.3 is 9.47 Å². The number of ether oxygens (including phenoxy) is 2. The number of carbonyl (C=O) groups is 1. The van der Waals surface area contributed by atoms with Crippen LogP contribution in [0.3, 0.4) is 0 Å². The van der Waals surface area contributed by atoms with E-state index in [9.17, 15) is 4.79 Å². The van der Waals surface area contributed by atoms with Crippen LogP contribution in [0.15, 0.2) is 24.3 Å². The Labute approximate surface area is 107 Å². The molecular formula is C14H19NO3. The molecule has 1 aromatic rings. The minimum atomic E-state index is -0.411. The van der Waals surface area contributed by atoms with E-state index in [1.54, 1.807) is 0 Å². The molecule has 0 saturated carbocycles. The molecule has 0 bridgehead atoms. The fourth-order valence-electron chi connectivity index (χ4n) is 1.88. The summed E-state index contributed by atoms with van der Waals surface area (Å²) < 4.78 is 10.4. The minimum Gasteiger partial charge on any atom is -0.443 e. The van der Waals surface area contributed by atoms with E-state index in [0.717, 1.165) is 12.1 Å². The van der Waals surface area contributed by atoms with Crippen LogP contribution >= 0.6 is 0 Å². The Bertz CT molecular complexity index is 411. The van der Waals surface area contributed by atoms with E-state index in [2.05, 4.69) is 19.2 Å². The van der Waals surface area contributed by atoms with E-state index in [4.69, 9.17) is 9.47 Å². The fraction of sp³-hybridized carbons (Fsp3) is 0.500. The molecule has 4 heteroatoms. The van der Waals surface area contributed by atoms with Gasteiger partial charge in [0.25, 0.3) is 0 Å². The van der Waals surface area contributed by atoms with Crippen molar-refractivity contribution in [2.75, 3.05) is 18.5 Å². The molecule has 0 spiro atoms. The molecule has 1 aliphatic heterocycles. The first-order valence-electron chi connectivity index (χ1n) is 6.30. The molecule has 1 aromatic carbocycles. The van der Waals surface area contributed by atoms with Gasteiger partial charge in [0.2, 0.25) is 0 Å². The van der Waals surface area contributed by atoms with Gasteiger partial charge in [-0.25, -0.2) is 4.79 Å². The summed E-state index contributed by atoms with van der Waals surface area (Å²) in [5.41, 5.74) is 1.96. The van der Waals surface area contributed by atoms with Crippen LogP contribution in [0, 0.1) is 0 Å². The SMILES string of the molecule is CC(C)c1cccc(NC(=O)OC2CCOC2)c1. The van der Waals surface area contributed by atoms with Gasteiger partial charge in [0.15, 0.2) is 0 Å².